The van der Waals surface area contributed by atoms with E-state index in [1.165, 1.54) is 14.0 Å². The third kappa shape index (κ3) is 3.44. The first kappa shape index (κ1) is 13.5. The molecule has 0 aromatic heterocycles. The van der Waals surface area contributed by atoms with E-state index in [2.05, 4.69) is 5.32 Å². The lowest BCUT2D eigenvalue weighted by Crippen LogP contribution is -2.24. The number of hydrogen-bond acceptors (Lipinski definition) is 4. The minimum absolute atomic E-state index is 0.198. The van der Waals surface area contributed by atoms with Crippen LogP contribution in [0.25, 0.3) is 0 Å². The van der Waals surface area contributed by atoms with Crippen molar-refractivity contribution >= 4 is 11.6 Å². The van der Waals surface area contributed by atoms with Crippen LogP contribution in [-0.4, -0.2) is 24.2 Å². The molecule has 0 aliphatic rings. The molecule has 0 spiro atoms. The summed E-state index contributed by atoms with van der Waals surface area (Å²) in [5.41, 5.74) is 6.79. The fourth-order valence-corrected chi connectivity index (χ4v) is 1.50. The molecule has 1 aromatic carbocycles. The summed E-state index contributed by atoms with van der Waals surface area (Å²) in [4.78, 5) is 11.0. The zero-order valence-electron chi connectivity index (χ0n) is 10.2. The van der Waals surface area contributed by atoms with Gasteiger partial charge in [-0.3, -0.25) is 4.79 Å². The SMILES string of the molecule is COc1ccc(C(O)C(C)N)cc1NC(C)=O. The molecule has 1 aromatic rings. The Morgan fingerprint density at radius 2 is 2.18 bits per heavy atom. The maximum absolute atomic E-state index is 11.0. The summed E-state index contributed by atoms with van der Waals surface area (Å²) in [5.74, 6) is 0.344. The van der Waals surface area contributed by atoms with Crippen LogP contribution >= 0.6 is 0 Å². The predicted molar refractivity (Wildman–Crippen MR) is 65.9 cm³/mol. The van der Waals surface area contributed by atoms with Gasteiger partial charge in [-0.15, -0.1) is 0 Å². The number of anilines is 1. The van der Waals surface area contributed by atoms with Crippen molar-refractivity contribution in [3.63, 3.8) is 0 Å². The predicted octanol–water partition coefficient (Wildman–Crippen LogP) is 1.03. The molecule has 0 saturated heterocycles. The van der Waals surface area contributed by atoms with E-state index in [-0.39, 0.29) is 11.9 Å². The van der Waals surface area contributed by atoms with E-state index in [1.54, 1.807) is 25.1 Å². The second kappa shape index (κ2) is 5.65. The number of aliphatic hydroxyl groups is 1. The van der Waals surface area contributed by atoms with Gasteiger partial charge in [0.2, 0.25) is 5.91 Å². The zero-order chi connectivity index (χ0) is 13.0. The average molecular weight is 238 g/mol. The number of nitrogens with two attached hydrogens (primary N) is 1. The smallest absolute Gasteiger partial charge is 0.221 e. The van der Waals surface area contributed by atoms with Gasteiger partial charge in [0.05, 0.1) is 18.9 Å². The Morgan fingerprint density at radius 3 is 2.65 bits per heavy atom. The molecule has 17 heavy (non-hydrogen) atoms. The van der Waals surface area contributed by atoms with Crippen LogP contribution in [0, 0.1) is 0 Å². The quantitative estimate of drug-likeness (QED) is 0.731. The normalized spacial score (nSPS) is 13.9. The minimum atomic E-state index is -0.770. The Bertz CT molecular complexity index is 405. The van der Waals surface area contributed by atoms with Gasteiger partial charge < -0.3 is 20.9 Å². The second-order valence-corrected chi connectivity index (χ2v) is 3.94. The standard InChI is InChI=1S/C12H18N2O3/c1-7(13)12(16)9-4-5-11(17-3)10(6-9)14-8(2)15/h4-7,12,16H,13H2,1-3H3,(H,14,15). The summed E-state index contributed by atoms with van der Waals surface area (Å²) in [6, 6.07) is 4.69. The minimum Gasteiger partial charge on any atom is -0.495 e. The largest absolute Gasteiger partial charge is 0.495 e. The number of carbonyl (C=O) groups is 1. The highest BCUT2D eigenvalue weighted by Gasteiger charge is 2.15. The maximum Gasteiger partial charge on any atom is 0.221 e. The van der Waals surface area contributed by atoms with Crippen LogP contribution in [-0.2, 0) is 4.79 Å². The first-order chi connectivity index (χ1) is 7.95. The van der Waals surface area contributed by atoms with Gasteiger partial charge in [0.25, 0.3) is 0 Å². The van der Waals surface area contributed by atoms with Crippen LogP contribution in [0.1, 0.15) is 25.5 Å². The van der Waals surface area contributed by atoms with Crippen molar-refractivity contribution < 1.29 is 14.6 Å². The lowest BCUT2D eigenvalue weighted by atomic mass is 10.0. The van der Waals surface area contributed by atoms with Crippen LogP contribution < -0.4 is 15.8 Å². The topological polar surface area (TPSA) is 84.6 Å². The van der Waals surface area contributed by atoms with Gasteiger partial charge in [-0.05, 0) is 24.6 Å². The molecule has 94 valence electrons. The molecule has 1 amide bonds. The Balaban J connectivity index is 3.08. The summed E-state index contributed by atoms with van der Waals surface area (Å²) in [7, 11) is 1.52. The van der Waals surface area contributed by atoms with Crippen LogP contribution in [0.15, 0.2) is 18.2 Å². The third-order valence-corrected chi connectivity index (χ3v) is 2.37. The lowest BCUT2D eigenvalue weighted by Gasteiger charge is -2.17. The van der Waals surface area contributed by atoms with Gasteiger partial charge in [-0.2, -0.15) is 0 Å². The van der Waals surface area contributed by atoms with Crippen molar-refractivity contribution in [2.45, 2.75) is 26.0 Å². The van der Waals surface area contributed by atoms with Crippen molar-refractivity contribution in [3.05, 3.63) is 23.8 Å². The molecule has 0 radical (unpaired) electrons. The van der Waals surface area contributed by atoms with Gasteiger partial charge in [0, 0.05) is 13.0 Å². The molecule has 0 heterocycles. The fourth-order valence-electron chi connectivity index (χ4n) is 1.50. The highest BCUT2D eigenvalue weighted by molar-refractivity contribution is 5.90. The van der Waals surface area contributed by atoms with Crippen molar-refractivity contribution in [1.82, 2.24) is 0 Å². The fraction of sp³-hybridized carbons (Fsp3) is 0.417. The molecular weight excluding hydrogens is 220 g/mol. The van der Waals surface area contributed by atoms with Gasteiger partial charge in [-0.25, -0.2) is 0 Å². The molecule has 0 fully saturated rings. The molecule has 2 unspecified atom stereocenters. The highest BCUT2D eigenvalue weighted by atomic mass is 16.5. The van der Waals surface area contributed by atoms with E-state index >= 15 is 0 Å². The third-order valence-electron chi connectivity index (χ3n) is 2.37. The summed E-state index contributed by atoms with van der Waals surface area (Å²) in [5, 5.41) is 12.5. The van der Waals surface area contributed by atoms with Crippen LogP contribution in [0.3, 0.4) is 0 Å². The molecule has 0 aliphatic carbocycles. The number of aliphatic hydroxyl groups excluding tert-OH is 1. The van der Waals surface area contributed by atoms with E-state index in [0.29, 0.717) is 17.0 Å². The van der Waals surface area contributed by atoms with Crippen LogP contribution in [0.4, 0.5) is 5.69 Å². The maximum atomic E-state index is 11.0. The zero-order valence-corrected chi connectivity index (χ0v) is 10.2. The molecule has 0 aliphatic heterocycles. The Hall–Kier alpha value is -1.59. The van der Waals surface area contributed by atoms with E-state index < -0.39 is 6.10 Å². The lowest BCUT2D eigenvalue weighted by molar-refractivity contribution is -0.114. The van der Waals surface area contributed by atoms with E-state index in [1.807, 2.05) is 0 Å². The van der Waals surface area contributed by atoms with E-state index in [0.717, 1.165) is 0 Å². The number of carbonyl (C=O) groups excluding carboxylic acids is 1. The number of amides is 1. The molecule has 5 nitrogen and oxygen atoms in total. The van der Waals surface area contributed by atoms with Crippen molar-refractivity contribution in [2.75, 3.05) is 12.4 Å². The molecular formula is C12H18N2O3. The van der Waals surface area contributed by atoms with E-state index in [9.17, 15) is 9.90 Å². The second-order valence-electron chi connectivity index (χ2n) is 3.94. The summed E-state index contributed by atoms with van der Waals surface area (Å²) in [6.07, 6.45) is -0.770. The summed E-state index contributed by atoms with van der Waals surface area (Å²) in [6.45, 7) is 3.13. The first-order valence-corrected chi connectivity index (χ1v) is 5.35. The van der Waals surface area contributed by atoms with Crippen LogP contribution in [0.5, 0.6) is 5.75 Å². The van der Waals surface area contributed by atoms with Gasteiger partial charge in [0.1, 0.15) is 5.75 Å². The van der Waals surface area contributed by atoms with Crippen molar-refractivity contribution in [3.8, 4) is 5.75 Å². The van der Waals surface area contributed by atoms with Crippen molar-refractivity contribution in [1.29, 1.82) is 0 Å². The summed E-state index contributed by atoms with van der Waals surface area (Å²) >= 11 is 0. The molecule has 5 heteroatoms. The Labute approximate surface area is 101 Å². The average Bonchev–Trinajstić information content (AvgIpc) is 2.27. The van der Waals surface area contributed by atoms with Crippen molar-refractivity contribution in [2.24, 2.45) is 5.73 Å². The van der Waals surface area contributed by atoms with E-state index in [4.69, 9.17) is 10.5 Å². The monoisotopic (exact) mass is 238 g/mol. The number of nitrogens with one attached hydrogen (secondary N) is 1. The Kier molecular flexibility index (Phi) is 4.48. The summed E-state index contributed by atoms with van der Waals surface area (Å²) < 4.78 is 5.11. The van der Waals surface area contributed by atoms with Gasteiger partial charge in [0.15, 0.2) is 0 Å². The van der Waals surface area contributed by atoms with Gasteiger partial charge in [-0.1, -0.05) is 6.07 Å². The van der Waals surface area contributed by atoms with Crippen LogP contribution in [0.2, 0.25) is 0 Å². The number of rotatable bonds is 4. The first-order valence-electron chi connectivity index (χ1n) is 5.35. The number of benzene rings is 1. The molecule has 2 atom stereocenters. The number of methoxy groups -OCH3 is 1. The Morgan fingerprint density at radius 1 is 1.53 bits per heavy atom. The molecule has 1 rings (SSSR count). The molecule has 4 N–H and O–H groups in total. The number of hydrogen-bond donors (Lipinski definition) is 3. The van der Waals surface area contributed by atoms with Gasteiger partial charge >= 0.3 is 0 Å². The molecule has 0 bridgehead atoms. The molecule has 0 saturated carbocycles. The highest BCUT2D eigenvalue weighted by Crippen LogP contribution is 2.28. The number of ether oxygens (including phenoxy) is 1.